The summed E-state index contributed by atoms with van der Waals surface area (Å²) in [6.07, 6.45) is 0.734. The lowest BCUT2D eigenvalue weighted by atomic mass is 10.2. The van der Waals surface area contributed by atoms with E-state index in [4.69, 9.17) is 25.6 Å². The Morgan fingerprint density at radius 3 is 2.67 bits per heavy atom. The van der Waals surface area contributed by atoms with E-state index in [-0.39, 0.29) is 6.61 Å². The molecule has 1 aromatic heterocycles. The third-order valence-corrected chi connectivity index (χ3v) is 3.50. The number of carbonyl (C=O) groups excluding carboxylic acids is 1. The van der Waals surface area contributed by atoms with Crippen molar-refractivity contribution < 1.29 is 18.8 Å². The molecule has 7 heteroatoms. The molecule has 0 fully saturated rings. The zero-order chi connectivity index (χ0) is 16.9. The van der Waals surface area contributed by atoms with Gasteiger partial charge in [0.15, 0.2) is 18.1 Å². The number of hydrogen-bond acceptors (Lipinski definition) is 6. The van der Waals surface area contributed by atoms with Gasteiger partial charge in [-0.2, -0.15) is 4.98 Å². The lowest BCUT2D eigenvalue weighted by Gasteiger charge is -2.09. The van der Waals surface area contributed by atoms with Crippen molar-refractivity contribution in [2.24, 2.45) is 0 Å². The van der Waals surface area contributed by atoms with Gasteiger partial charge in [-0.05, 0) is 42.5 Å². The predicted octanol–water partition coefficient (Wildman–Crippen LogP) is 3.79. The van der Waals surface area contributed by atoms with Crippen LogP contribution in [0.15, 0.2) is 47.0 Å². The summed E-state index contributed by atoms with van der Waals surface area (Å²) >= 11 is 5.85. The molecule has 0 spiro atoms. The molecule has 0 aliphatic rings. The topological polar surface area (TPSA) is 74.5 Å². The number of aldehydes is 1. The van der Waals surface area contributed by atoms with Crippen molar-refractivity contribution in [1.82, 2.24) is 10.1 Å². The van der Waals surface area contributed by atoms with E-state index in [0.717, 1.165) is 11.8 Å². The van der Waals surface area contributed by atoms with E-state index in [1.54, 1.807) is 42.5 Å². The molecule has 0 atom stereocenters. The maximum Gasteiger partial charge on any atom is 0.264 e. The van der Waals surface area contributed by atoms with Crippen LogP contribution in [0.25, 0.3) is 11.4 Å². The highest BCUT2D eigenvalue weighted by molar-refractivity contribution is 6.30. The van der Waals surface area contributed by atoms with Crippen molar-refractivity contribution in [3.05, 3.63) is 58.9 Å². The van der Waals surface area contributed by atoms with Crippen LogP contribution in [0.5, 0.6) is 11.5 Å². The zero-order valence-electron chi connectivity index (χ0n) is 12.7. The van der Waals surface area contributed by atoms with Crippen LogP contribution in [0.1, 0.15) is 16.2 Å². The molecule has 0 saturated heterocycles. The molecule has 0 unspecified atom stereocenters. The van der Waals surface area contributed by atoms with Gasteiger partial charge in [0.25, 0.3) is 5.89 Å². The minimum atomic E-state index is 0.0548. The highest BCUT2D eigenvalue weighted by atomic mass is 35.5. The van der Waals surface area contributed by atoms with Gasteiger partial charge in [-0.25, -0.2) is 0 Å². The Kier molecular flexibility index (Phi) is 4.77. The Morgan fingerprint density at radius 2 is 1.96 bits per heavy atom. The van der Waals surface area contributed by atoms with Crippen molar-refractivity contribution in [3.8, 4) is 22.9 Å². The average Bonchev–Trinajstić information content (AvgIpc) is 3.09. The molecule has 3 rings (SSSR count). The molecule has 3 aromatic rings. The third kappa shape index (κ3) is 3.55. The molecule has 0 aliphatic heterocycles. The van der Waals surface area contributed by atoms with Gasteiger partial charge in [-0.15, -0.1) is 0 Å². The molecule has 0 amide bonds. The van der Waals surface area contributed by atoms with Gasteiger partial charge in [0.05, 0.1) is 7.11 Å². The minimum Gasteiger partial charge on any atom is -0.493 e. The van der Waals surface area contributed by atoms with Crippen LogP contribution in [0.3, 0.4) is 0 Å². The van der Waals surface area contributed by atoms with Crippen LogP contribution in [-0.2, 0) is 6.61 Å². The molecule has 0 N–H and O–H groups in total. The minimum absolute atomic E-state index is 0.0548. The first-order valence-corrected chi connectivity index (χ1v) is 7.42. The van der Waals surface area contributed by atoms with Crippen LogP contribution in [0.4, 0.5) is 0 Å². The number of hydrogen-bond donors (Lipinski definition) is 0. The van der Waals surface area contributed by atoms with Crippen molar-refractivity contribution >= 4 is 17.9 Å². The number of rotatable bonds is 6. The number of methoxy groups -OCH3 is 1. The summed E-state index contributed by atoms with van der Waals surface area (Å²) in [6.45, 7) is 0.0548. The largest absolute Gasteiger partial charge is 0.493 e. The van der Waals surface area contributed by atoms with Crippen LogP contribution >= 0.6 is 11.6 Å². The molecule has 0 saturated carbocycles. The second-order valence-corrected chi connectivity index (χ2v) is 5.27. The van der Waals surface area contributed by atoms with E-state index in [2.05, 4.69) is 10.1 Å². The summed E-state index contributed by atoms with van der Waals surface area (Å²) in [6, 6.07) is 12.0. The first kappa shape index (κ1) is 16.0. The number of carbonyl (C=O) groups is 1. The highest BCUT2D eigenvalue weighted by Crippen LogP contribution is 2.28. The lowest BCUT2D eigenvalue weighted by Crippen LogP contribution is -1.99. The Morgan fingerprint density at radius 1 is 1.17 bits per heavy atom. The fraction of sp³-hybridized carbons (Fsp3) is 0.118. The van der Waals surface area contributed by atoms with Gasteiger partial charge < -0.3 is 14.0 Å². The van der Waals surface area contributed by atoms with Crippen LogP contribution in [-0.4, -0.2) is 23.5 Å². The van der Waals surface area contributed by atoms with Crippen LogP contribution in [0, 0.1) is 0 Å². The first-order valence-electron chi connectivity index (χ1n) is 7.04. The van der Waals surface area contributed by atoms with Crippen molar-refractivity contribution in [2.45, 2.75) is 6.61 Å². The molecule has 6 nitrogen and oxygen atoms in total. The van der Waals surface area contributed by atoms with E-state index in [1.807, 2.05) is 0 Å². The summed E-state index contributed by atoms with van der Waals surface area (Å²) in [5.74, 6) is 1.68. The lowest BCUT2D eigenvalue weighted by molar-refractivity contribution is 0.112. The molecule has 0 aliphatic carbocycles. The molecule has 122 valence electrons. The molecule has 0 radical (unpaired) electrons. The maximum atomic E-state index is 10.9. The van der Waals surface area contributed by atoms with E-state index in [1.165, 1.54) is 7.11 Å². The molecular weight excluding hydrogens is 332 g/mol. The summed E-state index contributed by atoms with van der Waals surface area (Å²) in [4.78, 5) is 15.1. The Labute approximate surface area is 143 Å². The van der Waals surface area contributed by atoms with Crippen LogP contribution in [0.2, 0.25) is 5.02 Å². The quantitative estimate of drug-likeness (QED) is 0.633. The van der Waals surface area contributed by atoms with Gasteiger partial charge in [0.1, 0.15) is 6.29 Å². The SMILES string of the molecule is COc1ccc(C=O)cc1OCc1nc(-c2ccc(Cl)cc2)no1. The molecule has 0 bridgehead atoms. The molecule has 24 heavy (non-hydrogen) atoms. The van der Waals surface area contributed by atoms with E-state index < -0.39 is 0 Å². The standard InChI is InChI=1S/C17H13ClN2O4/c1-22-14-7-2-11(9-21)8-15(14)23-10-16-19-17(20-24-16)12-3-5-13(18)6-4-12/h2-9H,10H2,1H3. The van der Waals surface area contributed by atoms with E-state index in [9.17, 15) is 4.79 Å². The maximum absolute atomic E-state index is 10.9. The van der Waals surface area contributed by atoms with Gasteiger partial charge in [-0.3, -0.25) is 4.79 Å². The Hall–Kier alpha value is -2.86. The van der Waals surface area contributed by atoms with E-state index >= 15 is 0 Å². The number of nitrogens with zero attached hydrogens (tertiary/aromatic N) is 2. The summed E-state index contributed by atoms with van der Waals surface area (Å²) in [7, 11) is 1.52. The smallest absolute Gasteiger partial charge is 0.264 e. The molecule has 2 aromatic carbocycles. The predicted molar refractivity (Wildman–Crippen MR) is 87.5 cm³/mol. The van der Waals surface area contributed by atoms with Gasteiger partial charge >= 0.3 is 0 Å². The van der Waals surface area contributed by atoms with Gasteiger partial charge in [-0.1, -0.05) is 16.8 Å². The van der Waals surface area contributed by atoms with Crippen molar-refractivity contribution in [2.75, 3.05) is 7.11 Å². The molecule has 1 heterocycles. The van der Waals surface area contributed by atoms with Gasteiger partial charge in [0.2, 0.25) is 5.82 Å². The average molecular weight is 345 g/mol. The summed E-state index contributed by atoms with van der Waals surface area (Å²) in [5, 5.41) is 4.54. The third-order valence-electron chi connectivity index (χ3n) is 3.25. The van der Waals surface area contributed by atoms with Crippen molar-refractivity contribution in [3.63, 3.8) is 0 Å². The highest BCUT2D eigenvalue weighted by Gasteiger charge is 2.11. The second-order valence-electron chi connectivity index (χ2n) is 4.84. The monoisotopic (exact) mass is 344 g/mol. The summed E-state index contributed by atoms with van der Waals surface area (Å²) < 4.78 is 16.0. The zero-order valence-corrected chi connectivity index (χ0v) is 13.5. The first-order chi connectivity index (χ1) is 11.7. The van der Waals surface area contributed by atoms with Crippen LogP contribution < -0.4 is 9.47 Å². The number of aromatic nitrogens is 2. The Bertz CT molecular complexity index is 846. The normalized spacial score (nSPS) is 10.4. The summed E-state index contributed by atoms with van der Waals surface area (Å²) in [5.41, 5.74) is 1.27. The number of benzene rings is 2. The fourth-order valence-corrected chi connectivity index (χ4v) is 2.17. The number of ether oxygens (including phenoxy) is 2. The number of halogens is 1. The van der Waals surface area contributed by atoms with Crippen molar-refractivity contribution in [1.29, 1.82) is 0 Å². The van der Waals surface area contributed by atoms with Gasteiger partial charge in [0, 0.05) is 16.1 Å². The fourth-order valence-electron chi connectivity index (χ4n) is 2.05. The Balaban J connectivity index is 1.74. The molecular formula is C17H13ClN2O4. The second kappa shape index (κ2) is 7.14. The van der Waals surface area contributed by atoms with E-state index in [0.29, 0.717) is 33.8 Å².